The van der Waals surface area contributed by atoms with Crippen LogP contribution in [-0.4, -0.2) is 5.11 Å². The van der Waals surface area contributed by atoms with Gasteiger partial charge in [-0.1, -0.05) is 41.4 Å². The van der Waals surface area contributed by atoms with E-state index in [0.717, 1.165) is 15.6 Å². The van der Waals surface area contributed by atoms with Gasteiger partial charge in [-0.25, -0.2) is 0 Å². The first kappa shape index (κ1) is 12.9. The molecule has 0 saturated carbocycles. The van der Waals surface area contributed by atoms with E-state index in [9.17, 15) is 5.11 Å². The van der Waals surface area contributed by atoms with Crippen LogP contribution >= 0.6 is 34.5 Å². The normalized spacial score (nSPS) is 12.8. The Bertz CT molecular complexity index is 736. The van der Waals surface area contributed by atoms with Gasteiger partial charge in [0, 0.05) is 25.9 Å². The van der Waals surface area contributed by atoms with Crippen molar-refractivity contribution in [1.29, 1.82) is 0 Å². The van der Waals surface area contributed by atoms with Crippen LogP contribution in [0, 0.1) is 0 Å². The minimum absolute atomic E-state index is 0.519. The lowest BCUT2D eigenvalue weighted by Gasteiger charge is -2.14. The molecule has 3 aromatic rings. The molecule has 0 aliphatic rings. The lowest BCUT2D eigenvalue weighted by atomic mass is 10.0. The highest BCUT2D eigenvalue weighted by atomic mass is 35.5. The molecule has 0 saturated heterocycles. The molecule has 1 atom stereocenters. The molecule has 3 rings (SSSR count). The molecule has 1 nitrogen and oxygen atoms in total. The van der Waals surface area contributed by atoms with Crippen LogP contribution in [-0.2, 0) is 0 Å². The molecular formula is C15H10Cl2OS. The number of benzene rings is 2. The molecule has 0 radical (unpaired) electrons. The molecule has 0 fully saturated rings. The Morgan fingerprint density at radius 3 is 2.68 bits per heavy atom. The van der Waals surface area contributed by atoms with E-state index >= 15 is 0 Å². The van der Waals surface area contributed by atoms with Gasteiger partial charge in [-0.2, -0.15) is 0 Å². The predicted molar refractivity (Wildman–Crippen MR) is 82.3 cm³/mol. The molecule has 2 aromatic carbocycles. The number of aliphatic hydroxyl groups is 1. The van der Waals surface area contributed by atoms with Gasteiger partial charge < -0.3 is 5.11 Å². The van der Waals surface area contributed by atoms with Gasteiger partial charge in [0.15, 0.2) is 0 Å². The van der Waals surface area contributed by atoms with Crippen LogP contribution < -0.4 is 0 Å². The molecule has 19 heavy (non-hydrogen) atoms. The molecule has 1 unspecified atom stereocenters. The summed E-state index contributed by atoms with van der Waals surface area (Å²) in [5, 5.41) is 14.8. The van der Waals surface area contributed by atoms with Gasteiger partial charge >= 0.3 is 0 Å². The number of thiophene rings is 1. The van der Waals surface area contributed by atoms with Crippen LogP contribution in [0.1, 0.15) is 17.2 Å². The molecule has 1 N–H and O–H groups in total. The van der Waals surface area contributed by atoms with E-state index in [0.29, 0.717) is 15.6 Å². The van der Waals surface area contributed by atoms with E-state index in [1.807, 2.05) is 29.6 Å². The number of rotatable bonds is 2. The summed E-state index contributed by atoms with van der Waals surface area (Å²) < 4.78 is 1.08. The molecule has 0 spiro atoms. The van der Waals surface area contributed by atoms with Crippen molar-refractivity contribution in [2.24, 2.45) is 0 Å². The summed E-state index contributed by atoms with van der Waals surface area (Å²) in [7, 11) is 0. The van der Waals surface area contributed by atoms with E-state index in [2.05, 4.69) is 0 Å². The zero-order valence-electron chi connectivity index (χ0n) is 9.81. The standard InChI is InChI=1S/C15H10Cl2OS/c16-10-4-5-13(17)12(8-10)14(18)11-3-1-2-9-6-7-19-15(9)11/h1-8,14,18H. The molecule has 1 heterocycles. The highest BCUT2D eigenvalue weighted by molar-refractivity contribution is 7.17. The van der Waals surface area contributed by atoms with Crippen molar-refractivity contribution in [3.05, 3.63) is 69.0 Å². The topological polar surface area (TPSA) is 20.2 Å². The Morgan fingerprint density at radius 2 is 1.84 bits per heavy atom. The Balaban J connectivity index is 2.15. The maximum atomic E-state index is 10.6. The number of halogens is 2. The minimum Gasteiger partial charge on any atom is -0.384 e. The van der Waals surface area contributed by atoms with Crippen molar-refractivity contribution >= 4 is 44.6 Å². The maximum Gasteiger partial charge on any atom is 0.107 e. The van der Waals surface area contributed by atoms with E-state index in [4.69, 9.17) is 23.2 Å². The molecule has 96 valence electrons. The van der Waals surface area contributed by atoms with Crippen molar-refractivity contribution in [3.63, 3.8) is 0 Å². The highest BCUT2D eigenvalue weighted by Gasteiger charge is 2.17. The van der Waals surface area contributed by atoms with Gasteiger partial charge in [-0.15, -0.1) is 11.3 Å². The second-order valence-corrected chi connectivity index (χ2v) is 6.01. The van der Waals surface area contributed by atoms with E-state index in [-0.39, 0.29) is 0 Å². The first-order valence-electron chi connectivity index (χ1n) is 5.76. The van der Waals surface area contributed by atoms with E-state index < -0.39 is 6.10 Å². The number of hydrogen-bond acceptors (Lipinski definition) is 2. The van der Waals surface area contributed by atoms with Crippen molar-refractivity contribution in [2.75, 3.05) is 0 Å². The van der Waals surface area contributed by atoms with Gasteiger partial charge in [0.25, 0.3) is 0 Å². The summed E-state index contributed by atoms with van der Waals surface area (Å²) in [6.07, 6.45) is -0.770. The summed E-state index contributed by atoms with van der Waals surface area (Å²) >= 11 is 13.7. The lowest BCUT2D eigenvalue weighted by Crippen LogP contribution is -2.00. The van der Waals surface area contributed by atoms with Crippen molar-refractivity contribution in [2.45, 2.75) is 6.10 Å². The zero-order valence-corrected chi connectivity index (χ0v) is 12.1. The molecule has 4 heteroatoms. The van der Waals surface area contributed by atoms with Gasteiger partial charge in [0.05, 0.1) is 0 Å². The second-order valence-electron chi connectivity index (χ2n) is 4.25. The van der Waals surface area contributed by atoms with Gasteiger partial charge in [0.2, 0.25) is 0 Å². The molecule has 0 bridgehead atoms. The van der Waals surface area contributed by atoms with Crippen molar-refractivity contribution in [3.8, 4) is 0 Å². The van der Waals surface area contributed by atoms with E-state index in [1.165, 1.54) is 0 Å². The minimum atomic E-state index is -0.770. The van der Waals surface area contributed by atoms with Crippen LogP contribution in [0.2, 0.25) is 10.0 Å². The van der Waals surface area contributed by atoms with Gasteiger partial charge in [-0.05, 0) is 35.0 Å². The Kier molecular flexibility index (Phi) is 3.50. The van der Waals surface area contributed by atoms with Crippen LogP contribution in [0.4, 0.5) is 0 Å². The van der Waals surface area contributed by atoms with Crippen molar-refractivity contribution in [1.82, 2.24) is 0 Å². The average molecular weight is 309 g/mol. The predicted octanol–water partition coefficient (Wildman–Crippen LogP) is 5.29. The van der Waals surface area contributed by atoms with Crippen molar-refractivity contribution < 1.29 is 5.11 Å². The van der Waals surface area contributed by atoms with Gasteiger partial charge in [0.1, 0.15) is 6.10 Å². The molecule has 0 aliphatic carbocycles. The average Bonchev–Trinajstić information content (AvgIpc) is 2.89. The number of hydrogen-bond donors (Lipinski definition) is 1. The molecule has 1 aromatic heterocycles. The molecular weight excluding hydrogens is 299 g/mol. The Morgan fingerprint density at radius 1 is 1.00 bits per heavy atom. The highest BCUT2D eigenvalue weighted by Crippen LogP contribution is 2.35. The SMILES string of the molecule is OC(c1cc(Cl)ccc1Cl)c1cccc2ccsc12. The number of aliphatic hydroxyl groups excluding tert-OH is 1. The first-order valence-corrected chi connectivity index (χ1v) is 7.39. The molecule has 0 aliphatic heterocycles. The van der Waals surface area contributed by atoms with Crippen LogP contribution in [0.15, 0.2) is 47.8 Å². The largest absolute Gasteiger partial charge is 0.384 e. The summed E-state index contributed by atoms with van der Waals surface area (Å²) in [4.78, 5) is 0. The third kappa shape index (κ3) is 2.37. The lowest BCUT2D eigenvalue weighted by molar-refractivity contribution is 0.222. The first-order chi connectivity index (χ1) is 9.16. The fourth-order valence-electron chi connectivity index (χ4n) is 2.12. The van der Waals surface area contributed by atoms with Crippen LogP contribution in [0.25, 0.3) is 10.1 Å². The fourth-order valence-corrected chi connectivity index (χ4v) is 3.46. The maximum absolute atomic E-state index is 10.6. The smallest absolute Gasteiger partial charge is 0.107 e. The van der Waals surface area contributed by atoms with Crippen LogP contribution in [0.3, 0.4) is 0 Å². The Hall–Kier alpha value is -1.06. The zero-order chi connectivity index (χ0) is 13.4. The second kappa shape index (κ2) is 5.14. The summed E-state index contributed by atoms with van der Waals surface area (Å²) in [5.74, 6) is 0. The monoisotopic (exact) mass is 308 g/mol. The quantitative estimate of drug-likeness (QED) is 0.682. The summed E-state index contributed by atoms with van der Waals surface area (Å²) in [5.41, 5.74) is 1.49. The third-order valence-corrected chi connectivity index (χ3v) is 4.62. The Labute approximate surface area is 125 Å². The number of fused-ring (bicyclic) bond motifs is 1. The van der Waals surface area contributed by atoms with Gasteiger partial charge in [-0.3, -0.25) is 0 Å². The van der Waals surface area contributed by atoms with E-state index in [1.54, 1.807) is 29.5 Å². The van der Waals surface area contributed by atoms with Crippen LogP contribution in [0.5, 0.6) is 0 Å². The third-order valence-electron chi connectivity index (χ3n) is 3.06. The molecule has 0 amide bonds. The summed E-state index contributed by atoms with van der Waals surface area (Å²) in [6.45, 7) is 0. The fraction of sp³-hybridized carbons (Fsp3) is 0.0667. The summed E-state index contributed by atoms with van der Waals surface area (Å²) in [6, 6.07) is 13.0.